The highest BCUT2D eigenvalue weighted by Crippen LogP contribution is 2.39. The van der Waals surface area contributed by atoms with Gasteiger partial charge in [0.2, 0.25) is 0 Å². The molecule has 1 saturated carbocycles. The van der Waals surface area contributed by atoms with Crippen LogP contribution in [0.2, 0.25) is 0 Å². The molecule has 346 valence electrons. The van der Waals surface area contributed by atoms with Crippen LogP contribution in [-0.2, 0) is 52.4 Å². The molecule has 2 rings (SSSR count). The summed E-state index contributed by atoms with van der Waals surface area (Å²) in [5, 5.41) is 108. The van der Waals surface area contributed by atoms with Crippen LogP contribution >= 0.6 is 0 Å². The molecule has 11 unspecified atom stereocenters. The third-order valence-corrected chi connectivity index (χ3v) is 9.91. The highest BCUT2D eigenvalue weighted by molar-refractivity contribution is 5.02. The molecule has 0 spiro atoms. The molecule has 0 aromatic carbocycles. The van der Waals surface area contributed by atoms with Gasteiger partial charge in [-0.25, -0.2) is 9.78 Å². The van der Waals surface area contributed by atoms with Crippen LogP contribution in [0.5, 0.6) is 0 Å². The molecule has 0 aromatic heterocycles. The highest BCUT2D eigenvalue weighted by Gasteiger charge is 2.53. The number of rotatable bonds is 36. The first-order valence-corrected chi connectivity index (χ1v) is 19.7. The molecule has 1 aliphatic heterocycles. The van der Waals surface area contributed by atoms with E-state index in [1.807, 2.05) is 6.92 Å². The zero-order chi connectivity index (χ0) is 42.8. The standard InChI is InChI=1S/C36H70O22/c1-2-35(21-50-8-5-38,22-51-9-6-39)23-53-19-29(43)55-12-10-48-16-25(54-7-3-4-37)17-49-11-13-56-58-33-28(57-27(15-40)31(45)32(33)46)18-52-24-36(20-41)14-26(42)30(44)34(36)47/h25-34,37-47H,2-24H2,1H3. The largest absolute Gasteiger partial charge is 0.396 e. The lowest BCUT2D eigenvalue weighted by molar-refractivity contribution is -0.383. The predicted octanol–water partition coefficient (Wildman–Crippen LogP) is -5.17. The Morgan fingerprint density at radius 2 is 1.33 bits per heavy atom. The zero-order valence-corrected chi connectivity index (χ0v) is 33.4. The summed E-state index contributed by atoms with van der Waals surface area (Å²) in [6, 6.07) is 0. The molecular weight excluding hydrogens is 784 g/mol. The summed E-state index contributed by atoms with van der Waals surface area (Å²) in [5.41, 5.74) is -1.91. The Kier molecular flexibility index (Phi) is 27.7. The molecule has 58 heavy (non-hydrogen) atoms. The Morgan fingerprint density at radius 3 is 1.90 bits per heavy atom. The van der Waals surface area contributed by atoms with E-state index in [1.165, 1.54) is 0 Å². The van der Waals surface area contributed by atoms with Crippen LogP contribution in [0.3, 0.4) is 0 Å². The summed E-state index contributed by atoms with van der Waals surface area (Å²) in [6.45, 7) is 0.988. The maximum atomic E-state index is 10.7. The molecule has 2 aliphatic rings. The minimum Gasteiger partial charge on any atom is -0.396 e. The van der Waals surface area contributed by atoms with Crippen molar-refractivity contribution in [2.45, 2.75) is 87.4 Å². The van der Waals surface area contributed by atoms with Crippen molar-refractivity contribution in [1.82, 2.24) is 0 Å². The van der Waals surface area contributed by atoms with Gasteiger partial charge in [-0.05, 0) is 19.3 Å². The molecule has 1 heterocycles. The maximum Gasteiger partial charge on any atom is 0.178 e. The van der Waals surface area contributed by atoms with Crippen LogP contribution in [0.15, 0.2) is 0 Å². The van der Waals surface area contributed by atoms with Crippen LogP contribution in [0.4, 0.5) is 0 Å². The van der Waals surface area contributed by atoms with Gasteiger partial charge in [0.15, 0.2) is 6.29 Å². The highest BCUT2D eigenvalue weighted by atomic mass is 17.2. The molecule has 22 nitrogen and oxygen atoms in total. The molecule has 1 aliphatic carbocycles. The molecule has 11 N–H and O–H groups in total. The molecule has 2 fully saturated rings. The predicted molar refractivity (Wildman–Crippen MR) is 196 cm³/mol. The van der Waals surface area contributed by atoms with Gasteiger partial charge in [-0.1, -0.05) is 6.92 Å². The number of hydrogen-bond acceptors (Lipinski definition) is 22. The molecule has 1 saturated heterocycles. The lowest BCUT2D eigenvalue weighted by atomic mass is 9.85. The zero-order valence-electron chi connectivity index (χ0n) is 33.4. The van der Waals surface area contributed by atoms with E-state index in [0.717, 1.165) is 0 Å². The van der Waals surface area contributed by atoms with E-state index < -0.39 is 85.3 Å². The minimum absolute atomic E-state index is 0.0101. The third kappa shape index (κ3) is 18.2. The van der Waals surface area contributed by atoms with E-state index in [4.69, 9.17) is 67.7 Å². The summed E-state index contributed by atoms with van der Waals surface area (Å²) in [4.78, 5) is 10.6. The third-order valence-electron chi connectivity index (χ3n) is 9.91. The molecule has 22 heteroatoms. The van der Waals surface area contributed by atoms with Crippen LogP contribution in [0.1, 0.15) is 26.2 Å². The van der Waals surface area contributed by atoms with Crippen molar-refractivity contribution in [2.24, 2.45) is 10.8 Å². The van der Waals surface area contributed by atoms with Crippen molar-refractivity contribution >= 4 is 0 Å². The fourth-order valence-electron chi connectivity index (χ4n) is 6.29. The number of aliphatic hydroxyl groups is 11. The summed E-state index contributed by atoms with van der Waals surface area (Å²) in [5.74, 6) is 0. The van der Waals surface area contributed by atoms with E-state index in [0.29, 0.717) is 12.8 Å². The second-order valence-electron chi connectivity index (χ2n) is 14.5. The monoisotopic (exact) mass is 854 g/mol. The Balaban J connectivity index is 1.75. The van der Waals surface area contributed by atoms with Gasteiger partial charge in [0.25, 0.3) is 0 Å². The number of ether oxygens (including phenoxy) is 9. The van der Waals surface area contributed by atoms with Crippen molar-refractivity contribution in [3.63, 3.8) is 0 Å². The normalized spacial score (nSPS) is 29.0. The first-order chi connectivity index (χ1) is 28.0. The van der Waals surface area contributed by atoms with Crippen molar-refractivity contribution in [3.05, 3.63) is 0 Å². The number of aliphatic hydroxyl groups excluding tert-OH is 11. The van der Waals surface area contributed by atoms with Crippen LogP contribution < -0.4 is 0 Å². The van der Waals surface area contributed by atoms with Crippen molar-refractivity contribution in [1.29, 1.82) is 0 Å². The van der Waals surface area contributed by atoms with Crippen molar-refractivity contribution in [3.8, 4) is 0 Å². The van der Waals surface area contributed by atoms with E-state index >= 15 is 0 Å². The number of hydrogen-bond donors (Lipinski definition) is 11. The van der Waals surface area contributed by atoms with Crippen LogP contribution in [0.25, 0.3) is 0 Å². The smallest absolute Gasteiger partial charge is 0.178 e. The summed E-state index contributed by atoms with van der Waals surface area (Å²) < 4.78 is 50.5. The van der Waals surface area contributed by atoms with Gasteiger partial charge < -0.3 is 98.8 Å². The van der Waals surface area contributed by atoms with E-state index in [9.17, 15) is 40.9 Å². The quantitative estimate of drug-likeness (QED) is 0.0121. The van der Waals surface area contributed by atoms with Gasteiger partial charge in [-0.15, -0.1) is 0 Å². The molecule has 0 bridgehead atoms. The van der Waals surface area contributed by atoms with Gasteiger partial charge in [0.05, 0.1) is 125 Å². The Bertz CT molecular complexity index is 993. The maximum absolute atomic E-state index is 10.7. The van der Waals surface area contributed by atoms with Gasteiger partial charge in [-0.3, -0.25) is 0 Å². The van der Waals surface area contributed by atoms with Gasteiger partial charge in [-0.2, -0.15) is 0 Å². The second-order valence-corrected chi connectivity index (χ2v) is 14.5. The SMILES string of the molecule is CCC(COCCO)(COCCO)COCC(O)OCCOCC(COCCOOC1C(COCC2(CO)CC(O)C(O)C2O)OC(CO)C(O)C1O)OCCCO. The summed E-state index contributed by atoms with van der Waals surface area (Å²) >= 11 is 0. The Hall–Kier alpha value is -0.880. The molecule has 0 aromatic rings. The Morgan fingerprint density at radius 1 is 0.672 bits per heavy atom. The minimum atomic E-state index is -1.57. The second kappa shape index (κ2) is 30.2. The molecule has 11 atom stereocenters. The van der Waals surface area contributed by atoms with Gasteiger partial charge in [0, 0.05) is 24.0 Å². The van der Waals surface area contributed by atoms with E-state index in [2.05, 4.69) is 0 Å². The van der Waals surface area contributed by atoms with Crippen molar-refractivity contribution in [2.75, 3.05) is 132 Å². The average Bonchev–Trinajstić information content (AvgIpc) is 3.43. The molecule has 0 amide bonds. The molecule has 0 radical (unpaired) electrons. The van der Waals surface area contributed by atoms with Crippen molar-refractivity contribution < 1.29 is 109 Å². The molecular formula is C36H70O22. The summed E-state index contributed by atoms with van der Waals surface area (Å²) in [6.07, 6.45) is -11.8. The van der Waals surface area contributed by atoms with Gasteiger partial charge in [0.1, 0.15) is 49.3 Å². The lowest BCUT2D eigenvalue weighted by Gasteiger charge is -2.41. The van der Waals surface area contributed by atoms with E-state index in [-0.39, 0.29) is 125 Å². The van der Waals surface area contributed by atoms with Gasteiger partial charge >= 0.3 is 0 Å². The summed E-state index contributed by atoms with van der Waals surface area (Å²) in [7, 11) is 0. The first kappa shape index (κ1) is 53.3. The topological polar surface area (TPSA) is 324 Å². The first-order valence-electron chi connectivity index (χ1n) is 19.7. The fraction of sp³-hybridized carbons (Fsp3) is 1.00. The Labute approximate surface area is 338 Å². The fourth-order valence-corrected chi connectivity index (χ4v) is 6.29. The van der Waals surface area contributed by atoms with Crippen LogP contribution in [0, 0.1) is 10.8 Å². The van der Waals surface area contributed by atoms with E-state index in [1.54, 1.807) is 0 Å². The average molecular weight is 855 g/mol. The van der Waals surface area contributed by atoms with Crippen LogP contribution in [-0.4, -0.2) is 250 Å². The lowest BCUT2D eigenvalue weighted by Crippen LogP contribution is -2.60.